The maximum Gasteiger partial charge on any atom is 0.0812 e. The average Bonchev–Trinajstić information content (AvgIpc) is 2.61. The predicted molar refractivity (Wildman–Crippen MR) is 53.5 cm³/mol. The smallest absolute Gasteiger partial charge is 0.0812 e. The Morgan fingerprint density at radius 1 is 1.54 bits per heavy atom. The first kappa shape index (κ1) is 8.62. The molecule has 2 rings (SSSR count). The SMILES string of the molecule is CONCc1ccc2ncsc2c1. The lowest BCUT2D eigenvalue weighted by atomic mass is 10.2. The van der Waals surface area contributed by atoms with Crippen molar-refractivity contribution in [3.05, 3.63) is 29.3 Å². The summed E-state index contributed by atoms with van der Waals surface area (Å²) in [4.78, 5) is 8.98. The van der Waals surface area contributed by atoms with Gasteiger partial charge in [-0.2, -0.15) is 5.48 Å². The monoisotopic (exact) mass is 194 g/mol. The molecule has 0 aliphatic rings. The first-order chi connectivity index (χ1) is 6.40. The second kappa shape index (κ2) is 3.83. The van der Waals surface area contributed by atoms with Gasteiger partial charge in [0.05, 0.1) is 22.8 Å². The van der Waals surface area contributed by atoms with Crippen LogP contribution in [0.1, 0.15) is 5.56 Å². The van der Waals surface area contributed by atoms with Crippen LogP contribution in [0.2, 0.25) is 0 Å². The van der Waals surface area contributed by atoms with Crippen LogP contribution in [0.3, 0.4) is 0 Å². The normalized spacial score (nSPS) is 10.8. The van der Waals surface area contributed by atoms with Gasteiger partial charge in [0.1, 0.15) is 0 Å². The van der Waals surface area contributed by atoms with E-state index in [0.29, 0.717) is 0 Å². The van der Waals surface area contributed by atoms with E-state index in [4.69, 9.17) is 4.84 Å². The Bertz CT molecular complexity index is 399. The van der Waals surface area contributed by atoms with E-state index in [1.165, 1.54) is 10.3 Å². The molecule has 0 unspecified atom stereocenters. The van der Waals surface area contributed by atoms with Crippen LogP contribution < -0.4 is 5.48 Å². The third kappa shape index (κ3) is 1.85. The van der Waals surface area contributed by atoms with Gasteiger partial charge in [-0.05, 0) is 17.7 Å². The van der Waals surface area contributed by atoms with E-state index in [0.717, 1.165) is 12.1 Å². The molecule has 0 saturated heterocycles. The number of nitrogens with zero attached hydrogens (tertiary/aromatic N) is 1. The van der Waals surface area contributed by atoms with Gasteiger partial charge < -0.3 is 4.84 Å². The Hall–Kier alpha value is -0.970. The molecule has 1 N–H and O–H groups in total. The first-order valence-corrected chi connectivity index (χ1v) is 4.86. The van der Waals surface area contributed by atoms with Gasteiger partial charge >= 0.3 is 0 Å². The van der Waals surface area contributed by atoms with E-state index < -0.39 is 0 Å². The third-order valence-corrected chi connectivity index (χ3v) is 2.61. The number of aromatic nitrogens is 1. The van der Waals surface area contributed by atoms with Crippen molar-refractivity contribution in [2.45, 2.75) is 6.54 Å². The molecule has 1 aromatic heterocycles. The molecule has 13 heavy (non-hydrogen) atoms. The zero-order valence-corrected chi connectivity index (χ0v) is 8.10. The van der Waals surface area contributed by atoms with E-state index in [2.05, 4.69) is 16.5 Å². The van der Waals surface area contributed by atoms with Gasteiger partial charge in [0.25, 0.3) is 0 Å². The lowest BCUT2D eigenvalue weighted by molar-refractivity contribution is 0.0867. The molecule has 0 atom stereocenters. The highest BCUT2D eigenvalue weighted by Gasteiger charge is 1.97. The van der Waals surface area contributed by atoms with Gasteiger partial charge in [-0.1, -0.05) is 6.07 Å². The Morgan fingerprint density at radius 3 is 3.31 bits per heavy atom. The van der Waals surface area contributed by atoms with Crippen molar-refractivity contribution < 1.29 is 4.84 Å². The number of hydrogen-bond donors (Lipinski definition) is 1. The second-order valence-electron chi connectivity index (χ2n) is 2.68. The highest BCUT2D eigenvalue weighted by Crippen LogP contribution is 2.18. The molecule has 68 valence electrons. The molecule has 2 aromatic rings. The summed E-state index contributed by atoms with van der Waals surface area (Å²) in [5.41, 5.74) is 6.93. The number of fused-ring (bicyclic) bond motifs is 1. The molecule has 4 heteroatoms. The van der Waals surface area contributed by atoms with Gasteiger partial charge in [-0.15, -0.1) is 11.3 Å². The van der Waals surface area contributed by atoms with Gasteiger partial charge in [0.15, 0.2) is 0 Å². The van der Waals surface area contributed by atoms with Crippen molar-refractivity contribution in [1.29, 1.82) is 0 Å². The minimum Gasteiger partial charge on any atom is -0.305 e. The van der Waals surface area contributed by atoms with Crippen LogP contribution in [0.4, 0.5) is 0 Å². The van der Waals surface area contributed by atoms with Crippen LogP contribution in [0.25, 0.3) is 10.2 Å². The predicted octanol–water partition coefficient (Wildman–Crippen LogP) is 1.95. The van der Waals surface area contributed by atoms with Crippen LogP contribution in [-0.4, -0.2) is 12.1 Å². The quantitative estimate of drug-likeness (QED) is 0.758. The third-order valence-electron chi connectivity index (χ3n) is 1.82. The molecule has 0 aliphatic carbocycles. The summed E-state index contributed by atoms with van der Waals surface area (Å²) in [5, 5.41) is 0. The zero-order chi connectivity index (χ0) is 9.10. The van der Waals surface area contributed by atoms with Crippen LogP contribution >= 0.6 is 11.3 Å². The van der Waals surface area contributed by atoms with Gasteiger partial charge in [-0.3, -0.25) is 0 Å². The van der Waals surface area contributed by atoms with Gasteiger partial charge in [0.2, 0.25) is 0 Å². The fourth-order valence-electron chi connectivity index (χ4n) is 1.16. The minimum atomic E-state index is 0.727. The van der Waals surface area contributed by atoms with Crippen molar-refractivity contribution in [3.8, 4) is 0 Å². The lowest BCUT2D eigenvalue weighted by Crippen LogP contribution is -2.10. The molecule has 1 heterocycles. The van der Waals surface area contributed by atoms with Crippen LogP contribution in [0, 0.1) is 0 Å². The molecule has 0 radical (unpaired) electrons. The van der Waals surface area contributed by atoms with E-state index in [1.807, 2.05) is 17.6 Å². The Labute approximate surface area is 80.3 Å². The molecule has 0 fully saturated rings. The largest absolute Gasteiger partial charge is 0.305 e. The molecule has 1 aromatic carbocycles. The Kier molecular flexibility index (Phi) is 2.54. The van der Waals surface area contributed by atoms with Crippen LogP contribution in [0.5, 0.6) is 0 Å². The summed E-state index contributed by atoms with van der Waals surface area (Å²) in [6, 6.07) is 6.20. The van der Waals surface area contributed by atoms with E-state index >= 15 is 0 Å². The van der Waals surface area contributed by atoms with Gasteiger partial charge in [0, 0.05) is 6.54 Å². The maximum atomic E-state index is 4.78. The number of rotatable bonds is 3. The number of benzene rings is 1. The average molecular weight is 194 g/mol. The molecule has 0 amide bonds. The van der Waals surface area contributed by atoms with Crippen molar-refractivity contribution in [2.24, 2.45) is 0 Å². The van der Waals surface area contributed by atoms with Crippen LogP contribution in [-0.2, 0) is 11.4 Å². The van der Waals surface area contributed by atoms with Crippen LogP contribution in [0.15, 0.2) is 23.7 Å². The summed E-state index contributed by atoms with van der Waals surface area (Å²) in [5.74, 6) is 0. The summed E-state index contributed by atoms with van der Waals surface area (Å²) in [6.07, 6.45) is 0. The summed E-state index contributed by atoms with van der Waals surface area (Å²) in [6.45, 7) is 0.727. The Morgan fingerprint density at radius 2 is 2.46 bits per heavy atom. The van der Waals surface area contributed by atoms with Crippen molar-refractivity contribution in [1.82, 2.24) is 10.5 Å². The first-order valence-electron chi connectivity index (χ1n) is 3.98. The molecule has 0 saturated carbocycles. The molecule has 3 nitrogen and oxygen atoms in total. The molecule has 0 bridgehead atoms. The summed E-state index contributed by atoms with van der Waals surface area (Å²) in [7, 11) is 1.62. The molecule has 0 spiro atoms. The topological polar surface area (TPSA) is 34.1 Å². The number of thiazole rings is 1. The zero-order valence-electron chi connectivity index (χ0n) is 7.28. The van der Waals surface area contributed by atoms with E-state index in [1.54, 1.807) is 18.4 Å². The standard InChI is InChI=1S/C9H10N2OS/c1-12-11-5-7-2-3-8-9(4-7)13-6-10-8/h2-4,6,11H,5H2,1H3. The summed E-state index contributed by atoms with van der Waals surface area (Å²) >= 11 is 1.66. The maximum absolute atomic E-state index is 4.78. The van der Waals surface area contributed by atoms with E-state index in [9.17, 15) is 0 Å². The highest BCUT2D eigenvalue weighted by atomic mass is 32.1. The fourth-order valence-corrected chi connectivity index (χ4v) is 1.91. The minimum absolute atomic E-state index is 0.727. The Balaban J connectivity index is 2.26. The molecular weight excluding hydrogens is 184 g/mol. The highest BCUT2D eigenvalue weighted by molar-refractivity contribution is 7.16. The second-order valence-corrected chi connectivity index (χ2v) is 3.57. The van der Waals surface area contributed by atoms with E-state index in [-0.39, 0.29) is 0 Å². The molecule has 0 aliphatic heterocycles. The van der Waals surface area contributed by atoms with Crippen molar-refractivity contribution in [2.75, 3.05) is 7.11 Å². The van der Waals surface area contributed by atoms with Gasteiger partial charge in [-0.25, -0.2) is 4.98 Å². The lowest BCUT2D eigenvalue weighted by Gasteiger charge is -2.00. The van der Waals surface area contributed by atoms with Crippen molar-refractivity contribution >= 4 is 21.6 Å². The molecular formula is C9H10N2OS. The number of hydrogen-bond acceptors (Lipinski definition) is 4. The number of hydroxylamine groups is 1. The fraction of sp³-hybridized carbons (Fsp3) is 0.222. The summed E-state index contributed by atoms with van der Waals surface area (Å²) < 4.78 is 1.22. The number of nitrogens with one attached hydrogen (secondary N) is 1. The van der Waals surface area contributed by atoms with Crippen molar-refractivity contribution in [3.63, 3.8) is 0 Å².